The Balaban J connectivity index is 1.31. The highest BCUT2D eigenvalue weighted by atomic mass is 28.3. The first kappa shape index (κ1) is 33.9. The fraction of sp³-hybridized carbons (Fsp3) is 0.941. The molecule has 0 unspecified atom stereocenters. The molecule has 40 heavy (non-hydrogen) atoms. The van der Waals surface area contributed by atoms with Gasteiger partial charge in [0.1, 0.15) is 12.2 Å². The van der Waals surface area contributed by atoms with Crippen molar-refractivity contribution in [2.24, 2.45) is 11.8 Å². The van der Waals surface area contributed by atoms with E-state index in [1.165, 1.54) is 76.3 Å². The first-order chi connectivity index (χ1) is 19.1. The molecule has 0 aliphatic heterocycles. The van der Waals surface area contributed by atoms with E-state index in [0.717, 1.165) is 62.4 Å². The molecule has 3 aliphatic carbocycles. The molecule has 0 aromatic carbocycles. The molecule has 232 valence electrons. The molecule has 0 bridgehead atoms. The van der Waals surface area contributed by atoms with Crippen molar-refractivity contribution >= 4 is 28.1 Å². The fourth-order valence-electron chi connectivity index (χ4n) is 8.08. The summed E-state index contributed by atoms with van der Waals surface area (Å²) in [6.07, 6.45) is 20.4. The zero-order chi connectivity index (χ0) is 29.2. The molecule has 0 N–H and O–H groups in total. The van der Waals surface area contributed by atoms with E-state index in [9.17, 15) is 9.59 Å². The molecule has 0 atom stereocenters. The van der Waals surface area contributed by atoms with E-state index in [-0.39, 0.29) is 36.0 Å². The van der Waals surface area contributed by atoms with Crippen molar-refractivity contribution in [1.82, 2.24) is 0 Å². The standard InChI is InChI=1S/C34H64O4Si2/c1-7-9-11-25-39(3,4)31-21-13-27(14-22-31)33(35)37-29-17-19-30(20-18-29)38-34(36)28-15-23-32(24-16-28)40(5,6)26-12-10-8-2/h27-32H,7-26H2,1-6H3. The summed E-state index contributed by atoms with van der Waals surface area (Å²) >= 11 is 0. The molecule has 0 aromatic rings. The average molecular weight is 593 g/mol. The topological polar surface area (TPSA) is 52.6 Å². The van der Waals surface area contributed by atoms with E-state index >= 15 is 0 Å². The van der Waals surface area contributed by atoms with E-state index in [0.29, 0.717) is 0 Å². The highest BCUT2D eigenvalue weighted by Gasteiger charge is 2.39. The summed E-state index contributed by atoms with van der Waals surface area (Å²) < 4.78 is 12.0. The quantitative estimate of drug-likeness (QED) is 0.114. The van der Waals surface area contributed by atoms with Gasteiger partial charge in [-0.05, 0) is 62.4 Å². The van der Waals surface area contributed by atoms with E-state index < -0.39 is 16.1 Å². The van der Waals surface area contributed by atoms with Gasteiger partial charge in [0.05, 0.1) is 28.0 Å². The van der Waals surface area contributed by atoms with Crippen LogP contribution in [0.2, 0.25) is 49.4 Å². The molecular weight excluding hydrogens is 529 g/mol. The van der Waals surface area contributed by atoms with Crippen LogP contribution in [-0.4, -0.2) is 40.3 Å². The molecular formula is C34H64O4Si2. The lowest BCUT2D eigenvalue weighted by atomic mass is 9.88. The number of ether oxygens (including phenoxy) is 2. The number of carbonyl (C=O) groups excluding carboxylic acids is 2. The van der Waals surface area contributed by atoms with Gasteiger partial charge in [-0.25, -0.2) is 0 Å². The Hall–Kier alpha value is -0.626. The van der Waals surface area contributed by atoms with Crippen LogP contribution in [0.15, 0.2) is 0 Å². The first-order valence-corrected chi connectivity index (χ1v) is 24.0. The monoisotopic (exact) mass is 592 g/mol. The highest BCUT2D eigenvalue weighted by Crippen LogP contribution is 2.44. The largest absolute Gasteiger partial charge is 0.462 e. The van der Waals surface area contributed by atoms with Crippen LogP contribution >= 0.6 is 0 Å². The van der Waals surface area contributed by atoms with Gasteiger partial charge >= 0.3 is 11.9 Å². The minimum absolute atomic E-state index is 0.00960. The number of rotatable bonds is 14. The van der Waals surface area contributed by atoms with Crippen molar-refractivity contribution < 1.29 is 19.1 Å². The Kier molecular flexibility index (Phi) is 13.8. The third kappa shape index (κ3) is 10.3. The summed E-state index contributed by atoms with van der Waals surface area (Å²) in [6.45, 7) is 14.8. The number of hydrogen-bond acceptors (Lipinski definition) is 4. The zero-order valence-corrected chi connectivity index (χ0v) is 29.2. The number of esters is 2. The van der Waals surface area contributed by atoms with Gasteiger partial charge in [-0.2, -0.15) is 0 Å². The smallest absolute Gasteiger partial charge is 0.309 e. The minimum atomic E-state index is -1.19. The van der Waals surface area contributed by atoms with Crippen molar-refractivity contribution in [3.8, 4) is 0 Å². The van der Waals surface area contributed by atoms with Gasteiger partial charge in [-0.3, -0.25) is 9.59 Å². The van der Waals surface area contributed by atoms with Crippen LogP contribution in [0.4, 0.5) is 0 Å². The van der Waals surface area contributed by atoms with Crippen molar-refractivity contribution in [2.75, 3.05) is 0 Å². The summed E-state index contributed by atoms with van der Waals surface area (Å²) in [5.74, 6) is 0.286. The number of unbranched alkanes of at least 4 members (excludes halogenated alkanes) is 4. The molecule has 3 saturated carbocycles. The van der Waals surface area contributed by atoms with Crippen molar-refractivity contribution in [2.45, 2.75) is 191 Å². The second kappa shape index (κ2) is 16.3. The summed E-state index contributed by atoms with van der Waals surface area (Å²) in [4.78, 5) is 26.0. The molecule has 3 rings (SSSR count). The van der Waals surface area contributed by atoms with Crippen LogP contribution in [0.25, 0.3) is 0 Å². The summed E-state index contributed by atoms with van der Waals surface area (Å²) in [5.41, 5.74) is 1.74. The molecule has 0 saturated heterocycles. The third-order valence-electron chi connectivity index (χ3n) is 11.4. The fourth-order valence-corrected chi connectivity index (χ4v) is 15.0. The third-order valence-corrected chi connectivity index (χ3v) is 20.2. The lowest BCUT2D eigenvalue weighted by molar-refractivity contribution is -0.164. The molecule has 0 heterocycles. The molecule has 6 heteroatoms. The van der Waals surface area contributed by atoms with Gasteiger partial charge in [-0.1, -0.05) is 116 Å². The van der Waals surface area contributed by atoms with Crippen LogP contribution in [-0.2, 0) is 19.1 Å². The van der Waals surface area contributed by atoms with Crippen LogP contribution in [0.1, 0.15) is 129 Å². The second-order valence-corrected chi connectivity index (χ2v) is 25.8. The highest BCUT2D eigenvalue weighted by molar-refractivity contribution is 6.79. The predicted octanol–water partition coefficient (Wildman–Crippen LogP) is 10.3. The minimum Gasteiger partial charge on any atom is -0.462 e. The molecule has 0 spiro atoms. The van der Waals surface area contributed by atoms with E-state index in [1.807, 2.05) is 0 Å². The molecule has 0 amide bonds. The summed E-state index contributed by atoms with van der Waals surface area (Å²) in [5, 5.41) is 0. The van der Waals surface area contributed by atoms with Gasteiger partial charge in [0.2, 0.25) is 0 Å². The van der Waals surface area contributed by atoms with E-state index in [2.05, 4.69) is 40.0 Å². The Morgan fingerprint density at radius 3 is 1.15 bits per heavy atom. The molecule has 0 radical (unpaired) electrons. The van der Waals surface area contributed by atoms with Crippen molar-refractivity contribution in [1.29, 1.82) is 0 Å². The Morgan fingerprint density at radius 2 is 0.850 bits per heavy atom. The Bertz CT molecular complexity index is 694. The summed E-state index contributed by atoms with van der Waals surface area (Å²) in [6, 6.07) is 2.88. The SMILES string of the molecule is CCCCC[Si](C)(C)C1CCC(C(=O)OC2CCC(OC(=O)C3CCC([Si](C)(C)CCCCC)CC3)CC2)CC1. The number of carbonyl (C=O) groups is 2. The number of hydrogen-bond donors (Lipinski definition) is 0. The van der Waals surface area contributed by atoms with Gasteiger partial charge in [0.15, 0.2) is 0 Å². The van der Waals surface area contributed by atoms with E-state index in [4.69, 9.17) is 9.47 Å². The molecule has 0 aromatic heterocycles. The van der Waals surface area contributed by atoms with Crippen molar-refractivity contribution in [3.63, 3.8) is 0 Å². The first-order valence-electron chi connectivity index (χ1n) is 17.5. The van der Waals surface area contributed by atoms with Crippen LogP contribution < -0.4 is 0 Å². The normalized spacial score (nSPS) is 30.1. The van der Waals surface area contributed by atoms with Gasteiger partial charge in [0, 0.05) is 0 Å². The molecule has 3 fully saturated rings. The maximum Gasteiger partial charge on any atom is 0.309 e. The zero-order valence-electron chi connectivity index (χ0n) is 27.2. The lowest BCUT2D eigenvalue weighted by Crippen LogP contribution is -2.38. The Morgan fingerprint density at radius 1 is 0.525 bits per heavy atom. The Labute approximate surface area is 249 Å². The van der Waals surface area contributed by atoms with Crippen LogP contribution in [0.3, 0.4) is 0 Å². The molecule has 4 nitrogen and oxygen atoms in total. The maximum absolute atomic E-state index is 13.0. The second-order valence-electron chi connectivity index (χ2n) is 15.3. The average Bonchev–Trinajstić information content (AvgIpc) is 2.94. The van der Waals surface area contributed by atoms with Gasteiger partial charge in [-0.15, -0.1) is 0 Å². The van der Waals surface area contributed by atoms with Gasteiger partial charge < -0.3 is 9.47 Å². The van der Waals surface area contributed by atoms with Crippen molar-refractivity contribution in [3.05, 3.63) is 0 Å². The predicted molar refractivity (Wildman–Crippen MR) is 173 cm³/mol. The van der Waals surface area contributed by atoms with Crippen LogP contribution in [0.5, 0.6) is 0 Å². The van der Waals surface area contributed by atoms with Gasteiger partial charge in [0.25, 0.3) is 0 Å². The maximum atomic E-state index is 13.0. The summed E-state index contributed by atoms with van der Waals surface area (Å²) in [7, 11) is -2.38. The molecule has 3 aliphatic rings. The van der Waals surface area contributed by atoms with E-state index in [1.54, 1.807) is 0 Å². The van der Waals surface area contributed by atoms with Crippen LogP contribution in [0, 0.1) is 11.8 Å². The lowest BCUT2D eigenvalue weighted by Gasteiger charge is -2.38.